The average molecular weight is 598 g/mol. The molecule has 230 valence electrons. The Morgan fingerprint density at radius 2 is 1.57 bits per heavy atom. The number of hydrogen-bond donors (Lipinski definition) is 7. The molecule has 11 nitrogen and oxygen atoms in total. The van der Waals surface area contributed by atoms with E-state index >= 15 is 0 Å². The molecule has 0 radical (unpaired) electrons. The van der Waals surface area contributed by atoms with Gasteiger partial charge in [-0.3, -0.25) is 14.4 Å². The molecule has 3 amide bonds. The van der Waals surface area contributed by atoms with E-state index in [9.17, 15) is 42.0 Å². The molecule has 16 heteroatoms. The predicted molar refractivity (Wildman–Crippen MR) is 148 cm³/mol. The van der Waals surface area contributed by atoms with Crippen molar-refractivity contribution in [3.63, 3.8) is 0 Å². The first kappa shape index (κ1) is 34.6. The minimum Gasteiger partial charge on any atom is -0.423 e. The van der Waals surface area contributed by atoms with Crippen LogP contribution < -0.4 is 33.3 Å². The molecule has 10 N–H and O–H groups in total. The second-order valence-corrected chi connectivity index (χ2v) is 9.53. The maximum absolute atomic E-state index is 14.0. The number of amides is 3. The Bertz CT molecular complexity index is 1200. The topological polar surface area (TPSA) is 197 Å². The normalized spacial score (nSPS) is 12.8. The highest BCUT2D eigenvalue weighted by molar-refractivity contribution is 6.58. The van der Waals surface area contributed by atoms with Crippen molar-refractivity contribution in [2.75, 3.05) is 31.5 Å². The number of aryl methyl sites for hydroxylation is 1. The van der Waals surface area contributed by atoms with Crippen molar-refractivity contribution < 1.29 is 42.0 Å². The number of nitrogens with two attached hydrogens (primary N) is 3. The number of nitrogens with one attached hydrogen (secondary N) is 2. The number of alkyl halides is 3. The molecule has 2 rings (SSSR count). The number of benzene rings is 2. The third-order valence-corrected chi connectivity index (χ3v) is 6.28. The zero-order valence-electron chi connectivity index (χ0n) is 22.7. The summed E-state index contributed by atoms with van der Waals surface area (Å²) in [6, 6.07) is 4.69. The van der Waals surface area contributed by atoms with Crippen molar-refractivity contribution in [3.05, 3.63) is 59.4 Å². The van der Waals surface area contributed by atoms with E-state index in [1.54, 1.807) is 0 Å². The van der Waals surface area contributed by atoms with Crippen molar-refractivity contribution in [2.45, 2.75) is 43.9 Å². The van der Waals surface area contributed by atoms with Crippen LogP contribution in [0.4, 0.5) is 23.2 Å². The number of anilines is 1. The molecule has 0 aliphatic rings. The smallest absolute Gasteiger partial charge is 0.423 e. The Labute approximate surface area is 240 Å². The Hall–Kier alpha value is -3.57. The second-order valence-electron chi connectivity index (χ2n) is 9.53. The molecule has 0 bridgehead atoms. The summed E-state index contributed by atoms with van der Waals surface area (Å²) < 4.78 is 52.7. The lowest BCUT2D eigenvalue weighted by atomic mass is 9.80. The fraction of sp³-hybridized carbons (Fsp3) is 0.423. The summed E-state index contributed by atoms with van der Waals surface area (Å²) in [4.78, 5) is 39.9. The Balaban J connectivity index is 2.16. The number of rotatable bonds is 15. The van der Waals surface area contributed by atoms with E-state index in [0.29, 0.717) is 5.56 Å². The highest BCUT2D eigenvalue weighted by atomic mass is 19.4. The average Bonchev–Trinajstić information content (AvgIpc) is 2.92. The maximum atomic E-state index is 14.0. The number of halogens is 4. The first-order chi connectivity index (χ1) is 19.7. The highest BCUT2D eigenvalue weighted by Gasteiger charge is 2.30. The Morgan fingerprint density at radius 1 is 0.952 bits per heavy atom. The molecule has 0 saturated carbocycles. The Kier molecular flexibility index (Phi) is 13.3. The molecule has 0 heterocycles. The molecule has 2 unspecified atom stereocenters. The standard InChI is InChI=1S/C26H35BF4N6O5/c28-19-13-18(27(41)42)14-20(15-19)35-25(40)22(7-3-16-1-4-17(5-2-16)26(29,30)31)36-24(39)21(34)6-8-23(38)37(11-9-32)12-10-33/h1-2,4-5,13-15,21-22,41-42H,3,6-12,32-34H2,(H,35,40)(H,36,39). The van der Waals surface area contributed by atoms with E-state index in [1.807, 2.05) is 0 Å². The van der Waals surface area contributed by atoms with Crippen molar-refractivity contribution in [1.29, 1.82) is 0 Å². The largest absolute Gasteiger partial charge is 0.488 e. The molecule has 0 fully saturated rings. The number of carbonyl (C=O) groups excluding carboxylic acids is 3. The summed E-state index contributed by atoms with van der Waals surface area (Å²) in [7, 11) is -2.02. The van der Waals surface area contributed by atoms with Crippen LogP contribution >= 0.6 is 0 Å². The molecule has 0 aromatic heterocycles. The van der Waals surface area contributed by atoms with Gasteiger partial charge in [-0.1, -0.05) is 12.1 Å². The summed E-state index contributed by atoms with van der Waals surface area (Å²) in [5.74, 6) is -2.77. The third kappa shape index (κ3) is 11.0. The third-order valence-electron chi connectivity index (χ3n) is 6.28. The number of hydrogen-bond acceptors (Lipinski definition) is 8. The van der Waals surface area contributed by atoms with E-state index in [1.165, 1.54) is 17.0 Å². The van der Waals surface area contributed by atoms with E-state index in [4.69, 9.17) is 17.2 Å². The highest BCUT2D eigenvalue weighted by Crippen LogP contribution is 2.29. The minimum atomic E-state index is -4.52. The summed E-state index contributed by atoms with van der Waals surface area (Å²) in [6.45, 7) is 0.994. The van der Waals surface area contributed by atoms with Gasteiger partial charge in [0.25, 0.3) is 0 Å². The van der Waals surface area contributed by atoms with Gasteiger partial charge in [-0.2, -0.15) is 13.2 Å². The number of nitrogens with zero attached hydrogens (tertiary/aromatic N) is 1. The molecule has 0 saturated heterocycles. The monoisotopic (exact) mass is 598 g/mol. The lowest BCUT2D eigenvalue weighted by Crippen LogP contribution is -2.50. The van der Waals surface area contributed by atoms with Crippen LogP contribution in [0.3, 0.4) is 0 Å². The summed E-state index contributed by atoms with van der Waals surface area (Å²) in [5, 5.41) is 23.6. The SMILES string of the molecule is NCCN(CCN)C(=O)CCC(N)C(=O)NC(CCc1ccc(C(F)(F)F)cc1)C(=O)Nc1cc(F)cc(B(O)O)c1. The minimum absolute atomic E-state index is 0.0643. The lowest BCUT2D eigenvalue weighted by molar-refractivity contribution is -0.137. The fourth-order valence-corrected chi connectivity index (χ4v) is 4.02. The predicted octanol–water partition coefficient (Wildman–Crippen LogP) is -0.566. The summed E-state index contributed by atoms with van der Waals surface area (Å²) in [5.41, 5.74) is 16.2. The van der Waals surface area contributed by atoms with Crippen LogP contribution in [-0.2, 0) is 27.0 Å². The molecule has 0 aliphatic heterocycles. The van der Waals surface area contributed by atoms with Crippen LogP contribution in [0.5, 0.6) is 0 Å². The van der Waals surface area contributed by atoms with E-state index < -0.39 is 48.6 Å². The van der Waals surface area contributed by atoms with Gasteiger partial charge >= 0.3 is 13.3 Å². The van der Waals surface area contributed by atoms with Crippen LogP contribution in [-0.4, -0.2) is 78.1 Å². The van der Waals surface area contributed by atoms with Gasteiger partial charge in [-0.15, -0.1) is 0 Å². The second kappa shape index (κ2) is 16.2. The molecule has 42 heavy (non-hydrogen) atoms. The van der Waals surface area contributed by atoms with E-state index in [2.05, 4.69) is 10.6 Å². The van der Waals surface area contributed by atoms with Crippen LogP contribution in [0.2, 0.25) is 0 Å². The molecular weight excluding hydrogens is 563 g/mol. The summed E-state index contributed by atoms with van der Waals surface area (Å²) in [6.07, 6.45) is -4.69. The lowest BCUT2D eigenvalue weighted by Gasteiger charge is -2.23. The molecule has 0 spiro atoms. The van der Waals surface area contributed by atoms with E-state index in [0.717, 1.165) is 30.3 Å². The zero-order chi connectivity index (χ0) is 31.4. The van der Waals surface area contributed by atoms with Gasteiger partial charge in [0.1, 0.15) is 11.9 Å². The maximum Gasteiger partial charge on any atom is 0.488 e. The van der Waals surface area contributed by atoms with Crippen LogP contribution in [0.15, 0.2) is 42.5 Å². The van der Waals surface area contributed by atoms with Gasteiger partial charge in [0.2, 0.25) is 17.7 Å². The van der Waals surface area contributed by atoms with Gasteiger partial charge in [0, 0.05) is 38.3 Å². The van der Waals surface area contributed by atoms with Gasteiger partial charge in [-0.25, -0.2) is 4.39 Å². The van der Waals surface area contributed by atoms with Gasteiger partial charge < -0.3 is 42.8 Å². The van der Waals surface area contributed by atoms with Gasteiger partial charge in [-0.05, 0) is 60.6 Å². The van der Waals surface area contributed by atoms with Gasteiger partial charge in [0.05, 0.1) is 11.6 Å². The molecule has 0 aliphatic carbocycles. The van der Waals surface area contributed by atoms with Crippen LogP contribution in [0.1, 0.15) is 30.4 Å². The Morgan fingerprint density at radius 3 is 2.12 bits per heavy atom. The van der Waals surface area contributed by atoms with Crippen LogP contribution in [0, 0.1) is 5.82 Å². The first-order valence-corrected chi connectivity index (χ1v) is 13.1. The van der Waals surface area contributed by atoms with Crippen LogP contribution in [0.25, 0.3) is 0 Å². The van der Waals surface area contributed by atoms with Crippen molar-refractivity contribution in [3.8, 4) is 0 Å². The molecule has 2 atom stereocenters. The zero-order valence-corrected chi connectivity index (χ0v) is 22.7. The summed E-state index contributed by atoms with van der Waals surface area (Å²) >= 11 is 0. The molecule has 2 aromatic rings. The van der Waals surface area contributed by atoms with Crippen molar-refractivity contribution >= 4 is 36.0 Å². The fourth-order valence-electron chi connectivity index (χ4n) is 4.02. The van der Waals surface area contributed by atoms with Crippen molar-refractivity contribution in [1.82, 2.24) is 10.2 Å². The van der Waals surface area contributed by atoms with E-state index in [-0.39, 0.29) is 68.9 Å². The first-order valence-electron chi connectivity index (χ1n) is 13.1. The van der Waals surface area contributed by atoms with Crippen molar-refractivity contribution in [2.24, 2.45) is 17.2 Å². The van der Waals surface area contributed by atoms with Gasteiger partial charge in [0.15, 0.2) is 0 Å². The molecule has 2 aromatic carbocycles. The molecular formula is C26H35BF4N6O5. The quantitative estimate of drug-likeness (QED) is 0.105. The number of carbonyl (C=O) groups is 3.